The number of hydrogen-bond donors (Lipinski definition) is 2. The summed E-state index contributed by atoms with van der Waals surface area (Å²) in [5.41, 5.74) is 12.1. The standard InChI is InChI=1S/C42H26N2.C30H18N2.C6H5I.H2/c1-3-15-27(16-4-1)43-35-25-13-11-23-33(35)39-37-30-20-8-10-22-32(30)42-40(38(37)29-19-7-9-21-31(29)41(39)43)34-24-12-14-26-36(34)44(42)28-17-5-2-6-18-28;1-3-11-19-17(9-1)25-26(28-22-14-6-8-16-24(22)31-29(19)28)18-10-2-4-12-20(18)30-27(25)21-13-5-7-15-23(21)32-30;7-6-4-2-1-3-5-6;/h1-26H;1-16,31-32H;1-5H;1H/i;;;1+1. The molecule has 5 heteroatoms. The molecule has 19 rings (SSSR count). The van der Waals surface area contributed by atoms with Crippen molar-refractivity contribution < 1.29 is 1.43 Å². The van der Waals surface area contributed by atoms with Crippen molar-refractivity contribution in [3.63, 3.8) is 0 Å². The molecule has 19 aromatic rings. The first-order valence-corrected chi connectivity index (χ1v) is 29.5. The smallest absolute Gasteiger partial charge is 0.0626 e. The SMILES string of the molecule is Ic1ccccc1.[2HH].c1ccc(-n2c3ccccc3c3c4c5ccccc5c5c(c6ccccc6n5-c5ccccc5)c4c4ccccc4c32)cc1.c1ccc2c(c1)[nH]c1c3ccccc3c3c4c5ccccc5[nH]c4c4ccccc4c3c21. The molecule has 0 atom stereocenters. The van der Waals surface area contributed by atoms with E-state index >= 15 is 0 Å². The molecule has 390 valence electrons. The fourth-order valence-corrected chi connectivity index (χ4v) is 14.5. The third-order valence-corrected chi connectivity index (χ3v) is 18.0. The monoisotopic (exact) mass is 1170 g/mol. The third kappa shape index (κ3) is 7.11. The van der Waals surface area contributed by atoms with E-state index in [1.54, 1.807) is 0 Å². The van der Waals surface area contributed by atoms with Crippen LogP contribution in [0.5, 0.6) is 0 Å². The molecule has 4 heterocycles. The molecule has 0 aliphatic heterocycles. The number of rotatable bonds is 2. The summed E-state index contributed by atoms with van der Waals surface area (Å²) in [5, 5.41) is 25.9. The Morgan fingerprint density at radius 2 is 0.506 bits per heavy atom. The Morgan fingerprint density at radius 1 is 0.229 bits per heavy atom. The quantitative estimate of drug-likeness (QED) is 0.128. The average molecular weight is 1170 g/mol. The van der Waals surface area contributed by atoms with Gasteiger partial charge < -0.3 is 19.1 Å². The average Bonchev–Trinajstić information content (AvgIpc) is 1.51. The topological polar surface area (TPSA) is 41.4 Å². The first-order valence-electron chi connectivity index (χ1n) is 28.4. The summed E-state index contributed by atoms with van der Waals surface area (Å²) < 4.78 is 6.23. The summed E-state index contributed by atoms with van der Waals surface area (Å²) in [6.07, 6.45) is 0. The van der Waals surface area contributed by atoms with Gasteiger partial charge in [-0.05, 0) is 105 Å². The summed E-state index contributed by atoms with van der Waals surface area (Å²) in [5.74, 6) is 0. The van der Waals surface area contributed by atoms with Crippen LogP contribution in [-0.2, 0) is 0 Å². The summed E-state index contributed by atoms with van der Waals surface area (Å²) in [4.78, 5) is 7.50. The van der Waals surface area contributed by atoms with Gasteiger partial charge in [0.1, 0.15) is 0 Å². The van der Waals surface area contributed by atoms with Crippen molar-refractivity contribution in [2.75, 3.05) is 0 Å². The number of H-pyrrole nitrogens is 2. The predicted molar refractivity (Wildman–Crippen MR) is 367 cm³/mol. The molecule has 15 aromatic carbocycles. The van der Waals surface area contributed by atoms with Crippen molar-refractivity contribution in [3.8, 4) is 11.4 Å². The number of aromatic nitrogens is 4. The maximum Gasteiger partial charge on any atom is 0.0626 e. The van der Waals surface area contributed by atoms with E-state index in [2.05, 4.69) is 309 Å². The number of aromatic amines is 2. The van der Waals surface area contributed by atoms with Crippen molar-refractivity contribution in [1.29, 1.82) is 0 Å². The van der Waals surface area contributed by atoms with Gasteiger partial charge >= 0.3 is 0 Å². The summed E-state index contributed by atoms with van der Waals surface area (Å²) in [7, 11) is 0. The lowest BCUT2D eigenvalue weighted by Crippen LogP contribution is -1.96. The summed E-state index contributed by atoms with van der Waals surface area (Å²) in [6.45, 7) is 0. The number of halogens is 1. The molecule has 0 bridgehead atoms. The van der Waals surface area contributed by atoms with Gasteiger partial charge in [0.2, 0.25) is 0 Å². The van der Waals surface area contributed by atoms with E-state index in [0.717, 1.165) is 0 Å². The molecular formula is C78H51IN4. The molecule has 4 aromatic heterocycles. The second kappa shape index (κ2) is 18.9. The third-order valence-electron chi connectivity index (χ3n) is 17.3. The lowest BCUT2D eigenvalue weighted by Gasteiger charge is -2.16. The minimum atomic E-state index is 0. The Bertz CT molecular complexity index is 5480. The zero-order valence-electron chi connectivity index (χ0n) is 44.9. The second-order valence-electron chi connectivity index (χ2n) is 21.6. The largest absolute Gasteiger partial charge is 0.354 e. The molecule has 0 aliphatic rings. The van der Waals surface area contributed by atoms with Crippen LogP contribution in [0, 0.1) is 3.57 Å². The van der Waals surface area contributed by atoms with Crippen LogP contribution in [0.4, 0.5) is 0 Å². The molecule has 0 unspecified atom stereocenters. The second-order valence-corrected chi connectivity index (χ2v) is 22.9. The first kappa shape index (κ1) is 47.6. The summed E-state index contributed by atoms with van der Waals surface area (Å²) in [6, 6.07) is 103. The van der Waals surface area contributed by atoms with E-state index in [4.69, 9.17) is 0 Å². The van der Waals surface area contributed by atoms with Gasteiger partial charge in [0.15, 0.2) is 0 Å². The normalized spacial score (nSPS) is 11.9. The highest BCUT2D eigenvalue weighted by atomic mass is 127. The van der Waals surface area contributed by atoms with Crippen molar-refractivity contribution >= 4 is 174 Å². The maximum atomic E-state index is 3.75. The number of hydrogen-bond acceptors (Lipinski definition) is 0. The van der Waals surface area contributed by atoms with E-state index in [1.165, 1.54) is 167 Å². The van der Waals surface area contributed by atoms with Crippen molar-refractivity contribution in [2.24, 2.45) is 0 Å². The zero-order valence-corrected chi connectivity index (χ0v) is 47.1. The first-order chi connectivity index (χ1) is 41.2. The highest BCUT2D eigenvalue weighted by molar-refractivity contribution is 14.1. The number of fused-ring (bicyclic) bond motifs is 30. The lowest BCUT2D eigenvalue weighted by molar-refractivity contribution is 1.19. The van der Waals surface area contributed by atoms with Gasteiger partial charge in [0, 0.05) is 114 Å². The van der Waals surface area contributed by atoms with Crippen LogP contribution in [0.15, 0.2) is 285 Å². The Hall–Kier alpha value is -10.2. The molecule has 0 aliphatic carbocycles. The molecule has 0 fully saturated rings. The van der Waals surface area contributed by atoms with Crippen LogP contribution in [-0.4, -0.2) is 19.1 Å². The molecule has 4 nitrogen and oxygen atoms in total. The number of para-hydroxylation sites is 6. The Morgan fingerprint density at radius 3 is 0.880 bits per heavy atom. The van der Waals surface area contributed by atoms with Crippen molar-refractivity contribution in [2.45, 2.75) is 0 Å². The van der Waals surface area contributed by atoms with Gasteiger partial charge in [-0.3, -0.25) is 0 Å². The molecule has 0 spiro atoms. The maximum absolute atomic E-state index is 3.75. The van der Waals surface area contributed by atoms with Gasteiger partial charge in [-0.25, -0.2) is 0 Å². The molecule has 2 N–H and O–H groups in total. The van der Waals surface area contributed by atoms with Gasteiger partial charge in [-0.2, -0.15) is 0 Å². The van der Waals surface area contributed by atoms with Crippen LogP contribution in [0.2, 0.25) is 0 Å². The molecule has 0 amide bonds. The Balaban J connectivity index is 0.000000126. The zero-order chi connectivity index (χ0) is 54.7. The van der Waals surface area contributed by atoms with E-state index < -0.39 is 0 Å². The van der Waals surface area contributed by atoms with Crippen LogP contribution in [0.3, 0.4) is 0 Å². The fraction of sp³-hybridized carbons (Fsp3) is 0. The number of nitrogens with zero attached hydrogens (tertiary/aromatic N) is 2. The molecule has 0 saturated carbocycles. The van der Waals surface area contributed by atoms with E-state index in [-0.39, 0.29) is 1.43 Å². The lowest BCUT2D eigenvalue weighted by atomic mass is 9.89. The van der Waals surface area contributed by atoms with Crippen LogP contribution in [0.25, 0.3) is 163 Å². The summed E-state index contributed by atoms with van der Waals surface area (Å²) >= 11 is 2.28. The Kier molecular flexibility index (Phi) is 10.9. The van der Waals surface area contributed by atoms with Gasteiger partial charge in [0.05, 0.1) is 33.1 Å². The molecular weight excluding hydrogens is 1120 g/mol. The van der Waals surface area contributed by atoms with Crippen LogP contribution < -0.4 is 0 Å². The van der Waals surface area contributed by atoms with Gasteiger partial charge in [-0.1, -0.05) is 224 Å². The molecule has 0 radical (unpaired) electrons. The molecule has 83 heavy (non-hydrogen) atoms. The minimum absolute atomic E-state index is 0. The van der Waals surface area contributed by atoms with Crippen molar-refractivity contribution in [3.05, 3.63) is 289 Å². The predicted octanol–water partition coefficient (Wildman–Crippen LogP) is 22.3. The number of benzene rings is 15. The fourth-order valence-electron chi connectivity index (χ4n) is 14.0. The molecule has 0 saturated heterocycles. The van der Waals surface area contributed by atoms with Crippen LogP contribution >= 0.6 is 22.6 Å². The van der Waals surface area contributed by atoms with E-state index in [0.29, 0.717) is 0 Å². The minimum Gasteiger partial charge on any atom is -0.354 e. The van der Waals surface area contributed by atoms with Gasteiger partial charge in [-0.15, -0.1) is 0 Å². The highest BCUT2D eigenvalue weighted by Crippen LogP contribution is 2.51. The van der Waals surface area contributed by atoms with Crippen molar-refractivity contribution in [1.82, 2.24) is 19.1 Å². The van der Waals surface area contributed by atoms with E-state index in [1.807, 2.05) is 18.2 Å². The number of nitrogens with one attached hydrogen (secondary N) is 2. The van der Waals surface area contributed by atoms with Crippen LogP contribution in [0.1, 0.15) is 1.43 Å². The van der Waals surface area contributed by atoms with Gasteiger partial charge in [0.25, 0.3) is 0 Å². The highest BCUT2D eigenvalue weighted by Gasteiger charge is 2.26. The van der Waals surface area contributed by atoms with E-state index in [9.17, 15) is 0 Å². The Labute approximate surface area is 491 Å².